The first kappa shape index (κ1) is 16.8. The molecule has 0 unspecified atom stereocenters. The van der Waals surface area contributed by atoms with E-state index < -0.39 is 0 Å². The molecule has 0 aromatic carbocycles. The van der Waals surface area contributed by atoms with Crippen LogP contribution in [-0.4, -0.2) is 79.5 Å². The number of rotatable bonds is 4. The van der Waals surface area contributed by atoms with Gasteiger partial charge in [0.15, 0.2) is 0 Å². The van der Waals surface area contributed by atoms with E-state index in [-0.39, 0.29) is 24.0 Å². The van der Waals surface area contributed by atoms with Gasteiger partial charge in [0.05, 0.1) is 6.54 Å². The van der Waals surface area contributed by atoms with Gasteiger partial charge in [-0.25, -0.2) is 4.79 Å². The Balaban J connectivity index is 2.36. The smallest absolute Gasteiger partial charge is 0.319 e. The molecule has 0 spiro atoms. The molecule has 0 saturated carbocycles. The lowest BCUT2D eigenvalue weighted by atomic mass is 10.0. The normalized spacial score (nSPS) is 17.1. The molecule has 116 valence electrons. The minimum atomic E-state index is 0.0426. The lowest BCUT2D eigenvalue weighted by molar-refractivity contribution is -0.123. The summed E-state index contributed by atoms with van der Waals surface area (Å²) in [5.41, 5.74) is 0. The van der Waals surface area contributed by atoms with Crippen LogP contribution in [0, 0.1) is 0 Å². The largest absolute Gasteiger partial charge is 0.353 e. The molecule has 0 radical (unpaired) electrons. The van der Waals surface area contributed by atoms with Crippen molar-refractivity contribution in [2.24, 2.45) is 0 Å². The van der Waals surface area contributed by atoms with Crippen LogP contribution in [0.1, 0.15) is 26.7 Å². The fraction of sp³-hybridized carbons (Fsp3) is 0.857. The Hall–Kier alpha value is -1.30. The van der Waals surface area contributed by atoms with Crippen LogP contribution >= 0.6 is 0 Å². The van der Waals surface area contributed by atoms with Crippen molar-refractivity contribution in [3.05, 3.63) is 0 Å². The number of carbonyl (C=O) groups is 2. The molecule has 0 bridgehead atoms. The van der Waals surface area contributed by atoms with Crippen LogP contribution in [0.4, 0.5) is 4.79 Å². The van der Waals surface area contributed by atoms with E-state index in [9.17, 15) is 9.59 Å². The van der Waals surface area contributed by atoms with Crippen LogP contribution in [0.2, 0.25) is 0 Å². The summed E-state index contributed by atoms with van der Waals surface area (Å²) < 4.78 is 0. The van der Waals surface area contributed by atoms with Gasteiger partial charge in [0.2, 0.25) is 5.91 Å². The summed E-state index contributed by atoms with van der Waals surface area (Å²) in [5, 5.41) is 2.91. The van der Waals surface area contributed by atoms with Crippen LogP contribution in [0.5, 0.6) is 0 Å². The van der Waals surface area contributed by atoms with Crippen LogP contribution in [0.3, 0.4) is 0 Å². The number of likely N-dealkylation sites (tertiary alicyclic amines) is 1. The quantitative estimate of drug-likeness (QED) is 0.822. The SMILES string of the molecule is CC(C)NC(=O)CN1CCC(N(C)C(=O)N(C)C)CC1. The zero-order valence-corrected chi connectivity index (χ0v) is 13.3. The third kappa shape index (κ3) is 5.00. The van der Waals surface area contributed by atoms with Crippen molar-refractivity contribution in [3.8, 4) is 0 Å². The number of urea groups is 1. The molecule has 6 heteroatoms. The van der Waals surface area contributed by atoms with Crippen molar-refractivity contribution < 1.29 is 9.59 Å². The number of amides is 3. The van der Waals surface area contributed by atoms with Gasteiger partial charge in [-0.1, -0.05) is 0 Å². The summed E-state index contributed by atoms with van der Waals surface area (Å²) >= 11 is 0. The number of hydrogen-bond donors (Lipinski definition) is 1. The van der Waals surface area contributed by atoms with E-state index in [1.165, 1.54) is 0 Å². The molecule has 0 atom stereocenters. The highest BCUT2D eigenvalue weighted by molar-refractivity contribution is 5.78. The summed E-state index contributed by atoms with van der Waals surface area (Å²) in [6, 6.07) is 0.499. The lowest BCUT2D eigenvalue weighted by Crippen LogP contribution is -2.50. The molecule has 1 aliphatic heterocycles. The van der Waals surface area contributed by atoms with Gasteiger partial charge in [-0.05, 0) is 26.7 Å². The molecule has 1 saturated heterocycles. The molecule has 1 N–H and O–H groups in total. The van der Waals surface area contributed by atoms with Gasteiger partial charge in [0.25, 0.3) is 0 Å². The molecular weight excluding hydrogens is 256 g/mol. The summed E-state index contributed by atoms with van der Waals surface area (Å²) in [6.45, 7) is 6.11. The Labute approximate surface area is 122 Å². The zero-order chi connectivity index (χ0) is 15.3. The summed E-state index contributed by atoms with van der Waals surface area (Å²) in [7, 11) is 5.39. The van der Waals surface area contributed by atoms with Crippen molar-refractivity contribution in [2.45, 2.75) is 38.8 Å². The fourth-order valence-electron chi connectivity index (χ4n) is 2.51. The third-order valence-corrected chi connectivity index (χ3v) is 3.61. The highest BCUT2D eigenvalue weighted by Crippen LogP contribution is 2.16. The van der Waals surface area contributed by atoms with Gasteiger partial charge in [-0.15, -0.1) is 0 Å². The van der Waals surface area contributed by atoms with E-state index in [1.54, 1.807) is 19.0 Å². The second kappa shape index (κ2) is 7.47. The molecule has 20 heavy (non-hydrogen) atoms. The van der Waals surface area contributed by atoms with Crippen molar-refractivity contribution >= 4 is 11.9 Å². The maximum Gasteiger partial charge on any atom is 0.319 e. The molecule has 1 heterocycles. The Morgan fingerprint density at radius 2 is 1.75 bits per heavy atom. The average Bonchev–Trinajstić information content (AvgIpc) is 2.36. The van der Waals surface area contributed by atoms with Crippen LogP contribution in [0.15, 0.2) is 0 Å². The maximum absolute atomic E-state index is 11.9. The fourth-order valence-corrected chi connectivity index (χ4v) is 2.51. The Bertz CT molecular complexity index is 336. The molecule has 6 nitrogen and oxygen atoms in total. The summed E-state index contributed by atoms with van der Waals surface area (Å²) in [6.07, 6.45) is 1.84. The number of nitrogens with zero attached hydrogens (tertiary/aromatic N) is 3. The molecule has 1 fully saturated rings. The van der Waals surface area contributed by atoms with Gasteiger partial charge in [0.1, 0.15) is 0 Å². The Kier molecular flexibility index (Phi) is 6.26. The third-order valence-electron chi connectivity index (χ3n) is 3.61. The van der Waals surface area contributed by atoms with Gasteiger partial charge in [-0.2, -0.15) is 0 Å². The molecule has 3 amide bonds. The summed E-state index contributed by atoms with van der Waals surface area (Å²) in [5.74, 6) is 0.0798. The van der Waals surface area contributed by atoms with E-state index in [4.69, 9.17) is 0 Å². The standard InChI is InChI=1S/C14H28N4O2/c1-11(2)15-13(19)10-18-8-6-12(7-9-18)17(5)14(20)16(3)4/h11-12H,6-10H2,1-5H3,(H,15,19). The molecule has 0 aliphatic carbocycles. The van der Waals surface area contributed by atoms with Crippen LogP contribution in [-0.2, 0) is 4.79 Å². The Morgan fingerprint density at radius 1 is 1.20 bits per heavy atom. The molecular formula is C14H28N4O2. The predicted octanol–water partition coefficient (Wildman–Crippen LogP) is 0.589. The highest BCUT2D eigenvalue weighted by atomic mass is 16.2. The van der Waals surface area contributed by atoms with Gasteiger partial charge in [-0.3, -0.25) is 9.69 Å². The lowest BCUT2D eigenvalue weighted by Gasteiger charge is -2.37. The second-order valence-corrected chi connectivity index (χ2v) is 6.02. The zero-order valence-electron chi connectivity index (χ0n) is 13.3. The number of nitrogens with one attached hydrogen (secondary N) is 1. The monoisotopic (exact) mass is 284 g/mol. The van der Waals surface area contributed by atoms with Gasteiger partial charge in [0, 0.05) is 46.3 Å². The van der Waals surface area contributed by atoms with Crippen LogP contribution < -0.4 is 5.32 Å². The molecule has 0 aromatic heterocycles. The minimum absolute atomic E-state index is 0.0426. The predicted molar refractivity (Wildman–Crippen MR) is 79.6 cm³/mol. The first-order valence-corrected chi connectivity index (χ1v) is 7.27. The average molecular weight is 284 g/mol. The first-order chi connectivity index (χ1) is 9.31. The minimum Gasteiger partial charge on any atom is -0.353 e. The number of hydrogen-bond acceptors (Lipinski definition) is 3. The van der Waals surface area contributed by atoms with Gasteiger partial charge >= 0.3 is 6.03 Å². The number of carbonyl (C=O) groups excluding carboxylic acids is 2. The summed E-state index contributed by atoms with van der Waals surface area (Å²) in [4.78, 5) is 29.2. The van der Waals surface area contributed by atoms with Crippen molar-refractivity contribution in [3.63, 3.8) is 0 Å². The van der Waals surface area contributed by atoms with Crippen LogP contribution in [0.25, 0.3) is 0 Å². The van der Waals surface area contributed by atoms with E-state index in [0.29, 0.717) is 6.54 Å². The molecule has 1 aliphatic rings. The highest BCUT2D eigenvalue weighted by Gasteiger charge is 2.26. The first-order valence-electron chi connectivity index (χ1n) is 7.27. The van der Waals surface area contributed by atoms with Crippen molar-refractivity contribution in [1.29, 1.82) is 0 Å². The second-order valence-electron chi connectivity index (χ2n) is 6.02. The Morgan fingerprint density at radius 3 is 2.20 bits per heavy atom. The maximum atomic E-state index is 11.9. The number of piperidine rings is 1. The van der Waals surface area contributed by atoms with E-state index in [1.807, 2.05) is 25.8 Å². The van der Waals surface area contributed by atoms with Gasteiger partial charge < -0.3 is 15.1 Å². The molecule has 1 rings (SSSR count). The molecule has 0 aromatic rings. The van der Waals surface area contributed by atoms with Crippen molar-refractivity contribution in [2.75, 3.05) is 40.8 Å². The van der Waals surface area contributed by atoms with E-state index in [0.717, 1.165) is 25.9 Å². The van der Waals surface area contributed by atoms with E-state index in [2.05, 4.69) is 10.2 Å². The van der Waals surface area contributed by atoms with Crippen molar-refractivity contribution in [1.82, 2.24) is 20.0 Å². The topological polar surface area (TPSA) is 55.9 Å². The van der Waals surface area contributed by atoms with E-state index >= 15 is 0 Å².